The van der Waals surface area contributed by atoms with Gasteiger partial charge in [0.15, 0.2) is 0 Å². The highest BCUT2D eigenvalue weighted by molar-refractivity contribution is 7.20. The Kier molecular flexibility index (Phi) is 4.10. The van der Waals surface area contributed by atoms with Gasteiger partial charge in [-0.25, -0.2) is 4.39 Å². The quantitative estimate of drug-likeness (QED) is 0.749. The number of rotatable bonds is 3. The molecule has 0 aliphatic carbocycles. The van der Waals surface area contributed by atoms with Gasteiger partial charge in [-0.3, -0.25) is 10.1 Å². The number of carbonyl (C=O) groups is 1. The molecule has 0 spiro atoms. The third kappa shape index (κ3) is 3.11. The molecule has 22 heavy (non-hydrogen) atoms. The van der Waals surface area contributed by atoms with Gasteiger partial charge in [-0.2, -0.15) is 0 Å². The van der Waals surface area contributed by atoms with E-state index in [-0.39, 0.29) is 21.8 Å². The maximum atomic E-state index is 13.2. The summed E-state index contributed by atoms with van der Waals surface area (Å²) in [6.07, 6.45) is 0. The molecule has 1 aromatic carbocycles. The summed E-state index contributed by atoms with van der Waals surface area (Å²) in [6.45, 7) is 0. The molecular formula is C13H6Cl2FN3O2S. The topological polar surface area (TPSA) is 68.0 Å². The first-order chi connectivity index (χ1) is 10.5. The molecule has 0 radical (unpaired) electrons. The molecule has 112 valence electrons. The lowest BCUT2D eigenvalue weighted by Gasteiger charge is -1.98. The molecule has 3 rings (SSSR count). The van der Waals surface area contributed by atoms with Crippen LogP contribution in [0, 0.1) is 5.82 Å². The fraction of sp³-hybridized carbons (Fsp3) is 0. The van der Waals surface area contributed by atoms with E-state index in [1.165, 1.54) is 24.3 Å². The summed E-state index contributed by atoms with van der Waals surface area (Å²) in [6, 6.07) is 6.98. The number of nitrogens with one attached hydrogen (secondary N) is 1. The Bertz CT molecular complexity index is 849. The average molecular weight is 358 g/mol. The van der Waals surface area contributed by atoms with Crippen LogP contribution in [0.15, 0.2) is 34.7 Å². The van der Waals surface area contributed by atoms with Crippen LogP contribution in [0.2, 0.25) is 8.67 Å². The molecule has 0 bridgehead atoms. The molecule has 0 saturated heterocycles. The molecule has 1 amide bonds. The van der Waals surface area contributed by atoms with Crippen molar-refractivity contribution in [1.29, 1.82) is 0 Å². The molecule has 0 aliphatic heterocycles. The van der Waals surface area contributed by atoms with E-state index in [4.69, 9.17) is 27.6 Å². The second kappa shape index (κ2) is 6.04. The Morgan fingerprint density at radius 1 is 1.27 bits per heavy atom. The van der Waals surface area contributed by atoms with Crippen molar-refractivity contribution in [2.45, 2.75) is 0 Å². The highest BCUT2D eigenvalue weighted by Gasteiger charge is 2.17. The van der Waals surface area contributed by atoms with E-state index in [2.05, 4.69) is 15.5 Å². The predicted octanol–water partition coefficient (Wildman–Crippen LogP) is 4.50. The summed E-state index contributed by atoms with van der Waals surface area (Å²) in [5, 5.41) is 9.84. The van der Waals surface area contributed by atoms with Crippen LogP contribution in [0.1, 0.15) is 10.4 Å². The van der Waals surface area contributed by atoms with Crippen LogP contribution in [0.3, 0.4) is 0 Å². The predicted molar refractivity (Wildman–Crippen MR) is 82.0 cm³/mol. The third-order valence-corrected chi connectivity index (χ3v) is 4.11. The van der Waals surface area contributed by atoms with Crippen LogP contribution in [0.25, 0.3) is 11.5 Å². The Morgan fingerprint density at radius 2 is 2.09 bits per heavy atom. The van der Waals surface area contributed by atoms with Crippen molar-refractivity contribution < 1.29 is 13.6 Å². The van der Waals surface area contributed by atoms with E-state index >= 15 is 0 Å². The Hall–Kier alpha value is -1.96. The fourth-order valence-electron chi connectivity index (χ4n) is 1.67. The van der Waals surface area contributed by atoms with Gasteiger partial charge >= 0.3 is 6.01 Å². The lowest BCUT2D eigenvalue weighted by Crippen LogP contribution is -2.11. The molecule has 2 aromatic heterocycles. The van der Waals surface area contributed by atoms with Gasteiger partial charge in [0.2, 0.25) is 5.89 Å². The summed E-state index contributed by atoms with van der Waals surface area (Å²) < 4.78 is 19.1. The maximum absolute atomic E-state index is 13.2. The number of hydrogen-bond donors (Lipinski definition) is 1. The number of anilines is 1. The van der Waals surface area contributed by atoms with Gasteiger partial charge in [0.1, 0.15) is 10.2 Å². The van der Waals surface area contributed by atoms with Gasteiger partial charge in [-0.15, -0.1) is 16.4 Å². The van der Waals surface area contributed by atoms with Gasteiger partial charge in [-0.1, -0.05) is 34.4 Å². The SMILES string of the molecule is O=C(Nc1nnc(-c2cccc(F)c2)o1)c1cc(Cl)sc1Cl. The van der Waals surface area contributed by atoms with Crippen LogP contribution in [-0.4, -0.2) is 16.1 Å². The summed E-state index contributed by atoms with van der Waals surface area (Å²) in [5.41, 5.74) is 0.617. The van der Waals surface area contributed by atoms with E-state index in [1.807, 2.05) is 0 Å². The number of halogens is 3. The molecule has 2 heterocycles. The number of amides is 1. The zero-order valence-corrected chi connectivity index (χ0v) is 13.0. The first kappa shape index (κ1) is 15.0. The number of hydrogen-bond acceptors (Lipinski definition) is 5. The van der Waals surface area contributed by atoms with E-state index in [0.29, 0.717) is 9.90 Å². The summed E-state index contributed by atoms with van der Waals surface area (Å²) in [5.74, 6) is -0.868. The van der Waals surface area contributed by atoms with Gasteiger partial charge in [-0.05, 0) is 24.3 Å². The largest absolute Gasteiger partial charge is 0.403 e. The number of nitrogens with zero attached hydrogens (tertiary/aromatic N) is 2. The average Bonchev–Trinajstić information content (AvgIpc) is 3.05. The first-order valence-corrected chi connectivity index (χ1v) is 7.46. The molecule has 1 N–H and O–H groups in total. The molecule has 9 heteroatoms. The summed E-state index contributed by atoms with van der Waals surface area (Å²) in [7, 11) is 0. The van der Waals surface area contributed by atoms with Gasteiger partial charge < -0.3 is 4.42 Å². The van der Waals surface area contributed by atoms with Crippen molar-refractivity contribution in [2.24, 2.45) is 0 Å². The normalized spacial score (nSPS) is 10.7. The highest BCUT2D eigenvalue weighted by atomic mass is 35.5. The summed E-state index contributed by atoms with van der Waals surface area (Å²) >= 11 is 12.7. The summed E-state index contributed by atoms with van der Waals surface area (Å²) in [4.78, 5) is 12.0. The first-order valence-electron chi connectivity index (χ1n) is 5.88. The number of aromatic nitrogens is 2. The zero-order chi connectivity index (χ0) is 15.7. The molecule has 3 aromatic rings. The van der Waals surface area contributed by atoms with Gasteiger partial charge in [0.05, 0.1) is 9.90 Å². The lowest BCUT2D eigenvalue weighted by molar-refractivity contribution is 0.102. The van der Waals surface area contributed by atoms with Crippen LogP contribution < -0.4 is 5.32 Å². The number of benzene rings is 1. The second-order valence-electron chi connectivity index (χ2n) is 4.11. The van der Waals surface area contributed by atoms with Crippen LogP contribution in [0.4, 0.5) is 10.4 Å². The van der Waals surface area contributed by atoms with Crippen molar-refractivity contribution in [2.75, 3.05) is 5.32 Å². The monoisotopic (exact) mass is 357 g/mol. The van der Waals surface area contributed by atoms with Crippen molar-refractivity contribution >= 4 is 46.5 Å². The van der Waals surface area contributed by atoms with Crippen molar-refractivity contribution in [3.05, 3.63) is 50.4 Å². The number of carbonyl (C=O) groups excluding carboxylic acids is 1. The lowest BCUT2D eigenvalue weighted by atomic mass is 10.2. The van der Waals surface area contributed by atoms with Gasteiger partial charge in [0.25, 0.3) is 5.91 Å². The molecule has 0 fully saturated rings. The minimum atomic E-state index is -0.525. The van der Waals surface area contributed by atoms with E-state index in [0.717, 1.165) is 11.3 Å². The van der Waals surface area contributed by atoms with Crippen molar-refractivity contribution in [1.82, 2.24) is 10.2 Å². The molecule has 0 unspecified atom stereocenters. The highest BCUT2D eigenvalue weighted by Crippen LogP contribution is 2.31. The van der Waals surface area contributed by atoms with Gasteiger partial charge in [0, 0.05) is 5.56 Å². The van der Waals surface area contributed by atoms with Crippen LogP contribution in [0.5, 0.6) is 0 Å². The molecule has 0 aliphatic rings. The third-order valence-electron chi connectivity index (χ3n) is 2.62. The molecular weight excluding hydrogens is 352 g/mol. The van der Waals surface area contributed by atoms with Crippen molar-refractivity contribution in [3.63, 3.8) is 0 Å². The Labute approximate surface area is 137 Å². The fourth-order valence-corrected chi connectivity index (χ4v) is 3.13. The molecule has 0 saturated carbocycles. The second-order valence-corrected chi connectivity index (χ2v) is 6.40. The Balaban J connectivity index is 1.80. The minimum Gasteiger partial charge on any atom is -0.403 e. The minimum absolute atomic E-state index is 0.0873. The maximum Gasteiger partial charge on any atom is 0.322 e. The zero-order valence-electron chi connectivity index (χ0n) is 10.6. The molecule has 5 nitrogen and oxygen atoms in total. The van der Waals surface area contributed by atoms with E-state index < -0.39 is 11.7 Å². The van der Waals surface area contributed by atoms with Crippen molar-refractivity contribution in [3.8, 4) is 11.5 Å². The smallest absolute Gasteiger partial charge is 0.322 e. The van der Waals surface area contributed by atoms with E-state index in [1.54, 1.807) is 6.07 Å². The molecule has 0 atom stereocenters. The number of thiophene rings is 1. The van der Waals surface area contributed by atoms with Crippen LogP contribution >= 0.6 is 34.5 Å². The Morgan fingerprint density at radius 3 is 2.77 bits per heavy atom. The van der Waals surface area contributed by atoms with Crippen LogP contribution in [-0.2, 0) is 0 Å². The standard InChI is InChI=1S/C13H6Cl2FN3O2S/c14-9-5-8(10(15)22-9)11(20)17-13-19-18-12(21-13)6-2-1-3-7(16)4-6/h1-5H,(H,17,19,20). The van der Waals surface area contributed by atoms with E-state index in [9.17, 15) is 9.18 Å².